The molecule has 0 aliphatic carbocycles. The fourth-order valence-electron chi connectivity index (χ4n) is 12.8. The second-order valence-electron chi connectivity index (χ2n) is 30.9. The topological polar surface area (TPSA) is 816 Å². The first kappa shape index (κ1) is 120. The average Bonchev–Trinajstić information content (AvgIpc) is 1.14. The first-order valence-corrected chi connectivity index (χ1v) is 51.0. The van der Waals surface area contributed by atoms with Gasteiger partial charge in [0.2, 0.25) is 11.8 Å². The fourth-order valence-corrected chi connectivity index (χ4v) is 15.7. The Morgan fingerprint density at radius 2 is 0.591 bits per heavy atom. The van der Waals surface area contributed by atoms with Gasteiger partial charge < -0.3 is 188 Å². The summed E-state index contributed by atoms with van der Waals surface area (Å²) in [6.45, 7) is 5.39. The molecule has 0 aromatic carbocycles. The van der Waals surface area contributed by atoms with Gasteiger partial charge in [0.25, 0.3) is 0 Å². The molecule has 6 heterocycles. The Morgan fingerprint density at radius 1 is 0.346 bits per heavy atom. The van der Waals surface area contributed by atoms with Gasteiger partial charge in [-0.2, -0.15) is 0 Å². The minimum Gasteiger partial charge on any atom is -0.388 e. The van der Waals surface area contributed by atoms with Crippen LogP contribution < -0.4 is 10.6 Å². The number of Topliss-reactive ketones (excluding diaryl/α,β-unsaturated/α-hetero) is 2. The molecule has 6 rings (SSSR count). The Hall–Kier alpha value is -2.87. The van der Waals surface area contributed by atoms with Crippen LogP contribution in [-0.2, 0) is 95.9 Å². The molecule has 5 aliphatic heterocycles. The van der Waals surface area contributed by atoms with Crippen LogP contribution in [0.1, 0.15) is 178 Å². The summed E-state index contributed by atoms with van der Waals surface area (Å²) in [6.07, 6.45) is -22.4. The van der Waals surface area contributed by atoms with Crippen molar-refractivity contribution in [3.05, 3.63) is 11.9 Å². The molecule has 5 saturated heterocycles. The van der Waals surface area contributed by atoms with Crippen molar-refractivity contribution in [1.82, 2.24) is 25.6 Å². The van der Waals surface area contributed by atoms with Gasteiger partial charge in [-0.15, -0.1) is 5.10 Å². The molecule has 0 radical (unpaired) electrons. The summed E-state index contributed by atoms with van der Waals surface area (Å²) in [4.78, 5) is 134. The second kappa shape index (κ2) is 62.0. The molecule has 748 valence electrons. The van der Waals surface area contributed by atoms with Crippen molar-refractivity contribution >= 4 is 61.4 Å². The van der Waals surface area contributed by atoms with E-state index in [0.29, 0.717) is 64.4 Å². The maximum absolute atomic E-state index is 11.5. The Balaban J connectivity index is 0.000000538. The number of ketones is 2. The summed E-state index contributed by atoms with van der Waals surface area (Å²) in [5, 5.41) is 161. The molecule has 55 heteroatoms. The van der Waals surface area contributed by atoms with Crippen LogP contribution in [0, 0.1) is 0 Å². The number of methoxy groups -OCH3 is 1. The summed E-state index contributed by atoms with van der Waals surface area (Å²) in [7, 11) is -16.5. The zero-order valence-electron chi connectivity index (χ0n) is 71.9. The van der Waals surface area contributed by atoms with Gasteiger partial charge in [0.1, 0.15) is 103 Å². The number of amides is 2. The minimum atomic E-state index is -4.31. The van der Waals surface area contributed by atoms with Gasteiger partial charge in [0.05, 0.1) is 80.7 Å². The molecular formula is C72H140N5O45P5. The lowest BCUT2D eigenvalue weighted by Crippen LogP contribution is -2.58. The maximum atomic E-state index is 11.5. The first-order chi connectivity index (χ1) is 59.3. The number of ether oxygens (including phenoxy) is 11. The van der Waals surface area contributed by atoms with Gasteiger partial charge in [-0.1, -0.05) is 57.6 Å². The largest absolute Gasteiger partial charge is 0.388 e. The van der Waals surface area contributed by atoms with E-state index >= 15 is 0 Å². The van der Waals surface area contributed by atoms with Crippen molar-refractivity contribution in [3.63, 3.8) is 0 Å². The van der Waals surface area contributed by atoms with E-state index in [1.54, 1.807) is 21.1 Å². The highest BCUT2D eigenvalue weighted by Crippen LogP contribution is 2.42. The quantitative estimate of drug-likeness (QED) is 0.0166. The van der Waals surface area contributed by atoms with Crippen LogP contribution in [0.2, 0.25) is 0 Å². The van der Waals surface area contributed by atoms with Crippen LogP contribution in [0.5, 0.6) is 0 Å². The van der Waals surface area contributed by atoms with Gasteiger partial charge >= 0.3 is 38.0 Å². The third kappa shape index (κ3) is 49.5. The number of aliphatic hydroxyl groups is 15. The highest BCUT2D eigenvalue weighted by molar-refractivity contribution is 7.52. The molecule has 2 amide bonds. The minimum absolute atomic E-state index is 0.00568. The van der Waals surface area contributed by atoms with Crippen LogP contribution >= 0.6 is 38.0 Å². The SMILES string of the molecule is CCC(=O)CCCCCOC1OC(CCP(=O)(O)O)C(O)C(O)C1O.CCC(=O)c1cn(CCOC2OC(CCP(=O)(O)O)C(O)C(O)C2O)nn1.CNC(=O)CCCCCCOC1OC(CCP(=O)(O)O)C(O)C(O)C1O.CNC(=O)CCCCOC1OC(CCP(=O)(O)O)C(O)C(O)C1O.COCCCCCCCOC1OC(CCP(=O)(O)O)C(O)C(O)C1O. The average molecular weight is 1950 g/mol. The van der Waals surface area contributed by atoms with E-state index in [1.807, 2.05) is 6.92 Å². The van der Waals surface area contributed by atoms with E-state index in [2.05, 4.69) is 20.9 Å². The number of rotatable bonds is 52. The van der Waals surface area contributed by atoms with Gasteiger partial charge in [0.15, 0.2) is 37.2 Å². The summed E-state index contributed by atoms with van der Waals surface area (Å²) in [5.74, 6) is -0.0518. The summed E-state index contributed by atoms with van der Waals surface area (Å²) < 4.78 is 115. The number of nitrogens with one attached hydrogen (secondary N) is 2. The zero-order chi connectivity index (χ0) is 96.2. The van der Waals surface area contributed by atoms with Crippen LogP contribution in [0.25, 0.3) is 0 Å². The summed E-state index contributed by atoms with van der Waals surface area (Å²) in [5.41, 5.74) is 0.225. The molecule has 5 aliphatic rings. The molecule has 0 spiro atoms. The van der Waals surface area contributed by atoms with Gasteiger partial charge in [-0.3, -0.25) is 42.0 Å². The maximum Gasteiger partial charge on any atom is 0.325 e. The predicted molar refractivity (Wildman–Crippen MR) is 439 cm³/mol. The lowest BCUT2D eigenvalue weighted by molar-refractivity contribution is -0.297. The van der Waals surface area contributed by atoms with Gasteiger partial charge in [-0.25, -0.2) is 4.68 Å². The molecule has 25 unspecified atom stereocenters. The van der Waals surface area contributed by atoms with Crippen molar-refractivity contribution < 1.29 is 220 Å². The van der Waals surface area contributed by atoms with E-state index in [-0.39, 0.29) is 94.2 Å². The van der Waals surface area contributed by atoms with Crippen molar-refractivity contribution in [1.29, 1.82) is 0 Å². The molecule has 1 aromatic heterocycles. The van der Waals surface area contributed by atoms with Crippen molar-refractivity contribution in [2.75, 3.05) is 91.7 Å². The smallest absolute Gasteiger partial charge is 0.325 e. The number of unbranched alkanes of at least 4 members (excludes halogenated alkanes) is 10. The van der Waals surface area contributed by atoms with Crippen molar-refractivity contribution in [2.24, 2.45) is 0 Å². The number of carbonyl (C=O) groups is 4. The van der Waals surface area contributed by atoms with E-state index < -0.39 is 222 Å². The molecule has 0 saturated carbocycles. The predicted octanol–water partition coefficient (Wildman–Crippen LogP) is -4.47. The second-order valence-corrected chi connectivity index (χ2v) is 39.8. The van der Waals surface area contributed by atoms with Crippen LogP contribution in [0.3, 0.4) is 0 Å². The van der Waals surface area contributed by atoms with Gasteiger partial charge in [0, 0.05) is 86.3 Å². The fraction of sp³-hybridized carbons (Fsp3) is 0.917. The van der Waals surface area contributed by atoms with Gasteiger partial charge in [-0.05, 0) is 83.5 Å². The first-order valence-electron chi connectivity index (χ1n) is 42.0. The number of hydrogen-bond donors (Lipinski definition) is 27. The summed E-state index contributed by atoms with van der Waals surface area (Å²) >= 11 is 0. The Labute approximate surface area is 735 Å². The molecular weight excluding hydrogens is 1810 g/mol. The van der Waals surface area contributed by atoms with Crippen LogP contribution in [0.15, 0.2) is 6.20 Å². The Kier molecular flexibility index (Phi) is 58.7. The molecule has 1 aromatic rings. The molecule has 0 bridgehead atoms. The number of hydrogen-bond acceptors (Lipinski definition) is 37. The van der Waals surface area contributed by atoms with Crippen molar-refractivity contribution in [2.45, 2.75) is 328 Å². The highest BCUT2D eigenvalue weighted by atomic mass is 31.2. The molecule has 127 heavy (non-hydrogen) atoms. The third-order valence-electron chi connectivity index (χ3n) is 20.4. The number of aliphatic hydroxyl groups excluding tert-OH is 15. The van der Waals surface area contributed by atoms with E-state index in [4.69, 9.17) is 101 Å². The number of carbonyl (C=O) groups excluding carboxylic acids is 4. The third-order valence-corrected chi connectivity index (χ3v) is 24.6. The Bertz CT molecular complexity index is 3450. The van der Waals surface area contributed by atoms with Crippen LogP contribution in [-0.4, -0.2) is 409 Å². The lowest BCUT2D eigenvalue weighted by Gasteiger charge is -2.40. The number of nitrogens with zero attached hydrogens (tertiary/aromatic N) is 3. The van der Waals surface area contributed by atoms with E-state index in [1.165, 1.54) is 17.9 Å². The molecule has 50 nitrogen and oxygen atoms in total. The molecule has 25 atom stereocenters. The molecule has 27 N–H and O–H groups in total. The lowest BCUT2D eigenvalue weighted by atomic mass is 9.97. The normalized spacial score (nSPS) is 30.1. The summed E-state index contributed by atoms with van der Waals surface area (Å²) in [6, 6.07) is 0. The standard InChI is InChI=1S/C15H30NO9P.C15H31O9P.C15H29O9P.C14H24N3O9P.C13H26NO9P/c1-16-11(17)6-4-2-3-5-8-24-15-14(20)13(19)12(18)10(25-15)7-9-26(21,22)23;1-22-8-5-3-2-4-6-9-23-15-14(18)13(17)12(16)11(24-15)7-10-25(19,20)21;1-2-10(16)6-4-3-5-8-23-15-14(19)13(18)12(17)11(24-15)7-9-25(20,21)22;1-2-9(18)8-7-17(16-15-8)4-5-25-14-13(21)12(20)11(19)10(26-14)3-6-27(22,23)24;1-14-9(15)4-2-3-6-22-13-12(18)11(17)10(16)8(23-13)5-7-24(19,20)21/h10,12-15,18-20H,2-9H2,1H3,(H,16,17)(H2,21,22,23);11-18H,2-10H2,1H3,(H2,19,20,21);11-15,17-19H,2-9H2,1H3,(H2,20,21,22);7,10-14,19-21H,2-6H2,1H3,(H2,22,23,24);8,10-13,16-18H,2-7H2,1H3,(H,14,15)(H2,19,20,21). The van der Waals surface area contributed by atoms with Crippen LogP contribution in [0.4, 0.5) is 0 Å². The zero-order valence-corrected chi connectivity index (χ0v) is 76.4. The molecule has 5 fully saturated rings. The Morgan fingerprint density at radius 3 is 0.858 bits per heavy atom. The monoisotopic (exact) mass is 1950 g/mol. The van der Waals surface area contributed by atoms with E-state index in [0.717, 1.165) is 70.8 Å². The number of aromatic nitrogens is 3. The van der Waals surface area contributed by atoms with E-state index in [9.17, 15) is 119 Å². The highest BCUT2D eigenvalue weighted by Gasteiger charge is 2.50. The van der Waals surface area contributed by atoms with Crippen molar-refractivity contribution in [3.8, 4) is 0 Å².